The maximum atomic E-state index is 11.3. The minimum absolute atomic E-state index is 0.0106. The quantitative estimate of drug-likeness (QED) is 0.677. The molecule has 0 aromatic carbocycles. The average molecular weight is 158 g/mol. The van der Waals surface area contributed by atoms with Crippen LogP contribution in [-0.2, 0) is 4.79 Å². The molecule has 0 aromatic rings. The summed E-state index contributed by atoms with van der Waals surface area (Å²) in [5.41, 5.74) is -0.888. The van der Waals surface area contributed by atoms with Gasteiger partial charge in [0, 0.05) is 11.8 Å². The largest absolute Gasteiger partial charge is 0.390 e. The van der Waals surface area contributed by atoms with Gasteiger partial charge in [-0.25, -0.2) is 0 Å². The van der Waals surface area contributed by atoms with E-state index in [9.17, 15) is 9.90 Å². The monoisotopic (exact) mass is 158 g/mol. The van der Waals surface area contributed by atoms with Crippen LogP contribution < -0.4 is 0 Å². The number of hydrogen-bond acceptors (Lipinski definition) is 2. The molecule has 0 saturated heterocycles. The molecule has 0 radical (unpaired) electrons. The molecule has 1 N–H and O–H groups in total. The SMILES string of the molecule is CC(C)C(=O)C(C)C(C)(C)O. The molecule has 66 valence electrons. The molecule has 0 saturated carbocycles. The van der Waals surface area contributed by atoms with Crippen LogP contribution in [0, 0.1) is 11.8 Å². The highest BCUT2D eigenvalue weighted by Gasteiger charge is 2.29. The van der Waals surface area contributed by atoms with Crippen molar-refractivity contribution in [2.75, 3.05) is 0 Å². The van der Waals surface area contributed by atoms with Gasteiger partial charge in [-0.15, -0.1) is 0 Å². The predicted molar refractivity (Wildman–Crippen MR) is 45.3 cm³/mol. The number of hydrogen-bond donors (Lipinski definition) is 1. The Balaban J connectivity index is 4.26. The molecule has 0 amide bonds. The van der Waals surface area contributed by atoms with Gasteiger partial charge in [0.1, 0.15) is 5.78 Å². The molecule has 0 aliphatic rings. The Morgan fingerprint density at radius 3 is 1.73 bits per heavy atom. The van der Waals surface area contributed by atoms with E-state index in [0.717, 1.165) is 0 Å². The van der Waals surface area contributed by atoms with E-state index in [4.69, 9.17) is 0 Å². The number of carbonyl (C=O) groups is 1. The zero-order valence-corrected chi connectivity index (χ0v) is 8.01. The average Bonchev–Trinajstić information content (AvgIpc) is 1.82. The second-order valence-electron chi connectivity index (χ2n) is 3.93. The molecule has 0 heterocycles. The molecule has 0 rings (SSSR count). The third-order valence-corrected chi connectivity index (χ3v) is 2.06. The normalized spacial score (nSPS) is 15.2. The van der Waals surface area contributed by atoms with Gasteiger partial charge < -0.3 is 5.11 Å². The molecule has 1 unspecified atom stereocenters. The molecule has 1 atom stereocenters. The van der Waals surface area contributed by atoms with Crippen LogP contribution in [0.4, 0.5) is 0 Å². The van der Waals surface area contributed by atoms with Crippen molar-refractivity contribution >= 4 is 5.78 Å². The van der Waals surface area contributed by atoms with Crippen LogP contribution in [0.1, 0.15) is 34.6 Å². The molecule has 0 aliphatic carbocycles. The maximum absolute atomic E-state index is 11.3. The van der Waals surface area contributed by atoms with E-state index in [1.54, 1.807) is 20.8 Å². The van der Waals surface area contributed by atoms with Gasteiger partial charge in [0.2, 0.25) is 0 Å². The zero-order chi connectivity index (χ0) is 9.23. The summed E-state index contributed by atoms with van der Waals surface area (Å²) >= 11 is 0. The smallest absolute Gasteiger partial charge is 0.141 e. The van der Waals surface area contributed by atoms with E-state index in [0.29, 0.717) is 0 Å². The van der Waals surface area contributed by atoms with Crippen molar-refractivity contribution in [3.8, 4) is 0 Å². The van der Waals surface area contributed by atoms with Gasteiger partial charge in [-0.1, -0.05) is 20.8 Å². The van der Waals surface area contributed by atoms with Crippen LogP contribution in [0.3, 0.4) is 0 Å². The summed E-state index contributed by atoms with van der Waals surface area (Å²) < 4.78 is 0. The van der Waals surface area contributed by atoms with E-state index >= 15 is 0 Å². The Morgan fingerprint density at radius 1 is 1.27 bits per heavy atom. The van der Waals surface area contributed by atoms with Crippen LogP contribution in [0.2, 0.25) is 0 Å². The highest BCUT2D eigenvalue weighted by molar-refractivity contribution is 5.83. The Labute approximate surface area is 68.6 Å². The fourth-order valence-electron chi connectivity index (χ4n) is 0.848. The molecule has 2 nitrogen and oxygen atoms in total. The van der Waals surface area contributed by atoms with E-state index in [-0.39, 0.29) is 17.6 Å². The Morgan fingerprint density at radius 2 is 1.64 bits per heavy atom. The van der Waals surface area contributed by atoms with Crippen LogP contribution >= 0.6 is 0 Å². The number of carbonyl (C=O) groups excluding carboxylic acids is 1. The van der Waals surface area contributed by atoms with Crippen molar-refractivity contribution in [2.45, 2.75) is 40.2 Å². The summed E-state index contributed by atoms with van der Waals surface area (Å²) in [5.74, 6) is -0.142. The Bertz CT molecular complexity index is 142. The fourth-order valence-corrected chi connectivity index (χ4v) is 0.848. The highest BCUT2D eigenvalue weighted by Crippen LogP contribution is 2.19. The standard InChI is InChI=1S/C9H18O2/c1-6(2)8(10)7(3)9(4,5)11/h6-7,11H,1-5H3. The van der Waals surface area contributed by atoms with Crippen molar-refractivity contribution in [2.24, 2.45) is 11.8 Å². The topological polar surface area (TPSA) is 37.3 Å². The van der Waals surface area contributed by atoms with Gasteiger partial charge in [-0.2, -0.15) is 0 Å². The first kappa shape index (κ1) is 10.6. The lowest BCUT2D eigenvalue weighted by molar-refractivity contribution is -0.132. The first-order valence-electron chi connectivity index (χ1n) is 4.03. The van der Waals surface area contributed by atoms with Crippen LogP contribution in [0.15, 0.2) is 0 Å². The molecule has 0 bridgehead atoms. The van der Waals surface area contributed by atoms with Crippen molar-refractivity contribution in [3.05, 3.63) is 0 Å². The molecule has 0 aromatic heterocycles. The van der Waals surface area contributed by atoms with E-state index in [1.807, 2.05) is 13.8 Å². The summed E-state index contributed by atoms with van der Waals surface area (Å²) in [7, 11) is 0. The van der Waals surface area contributed by atoms with Crippen LogP contribution in [0.5, 0.6) is 0 Å². The lowest BCUT2D eigenvalue weighted by atomic mass is 9.85. The van der Waals surface area contributed by atoms with Crippen molar-refractivity contribution in [3.63, 3.8) is 0 Å². The number of ketones is 1. The Hall–Kier alpha value is -0.370. The summed E-state index contributed by atoms with van der Waals surface area (Å²) in [6.07, 6.45) is 0. The lowest BCUT2D eigenvalue weighted by Gasteiger charge is -2.25. The third-order valence-electron chi connectivity index (χ3n) is 2.06. The molecular formula is C9H18O2. The molecule has 0 fully saturated rings. The van der Waals surface area contributed by atoms with Crippen LogP contribution in [0.25, 0.3) is 0 Å². The summed E-state index contributed by atoms with van der Waals surface area (Å²) in [5, 5.41) is 9.48. The maximum Gasteiger partial charge on any atom is 0.141 e. The Kier molecular flexibility index (Phi) is 3.24. The predicted octanol–water partition coefficient (Wildman–Crippen LogP) is 1.62. The van der Waals surface area contributed by atoms with Gasteiger partial charge in [0.05, 0.1) is 5.60 Å². The summed E-state index contributed by atoms with van der Waals surface area (Å²) in [6, 6.07) is 0. The number of Topliss-reactive ketones (excluding diaryl/α,β-unsaturated/α-hetero) is 1. The first-order valence-corrected chi connectivity index (χ1v) is 4.03. The van der Waals surface area contributed by atoms with E-state index in [2.05, 4.69) is 0 Å². The molecular weight excluding hydrogens is 140 g/mol. The fraction of sp³-hybridized carbons (Fsp3) is 0.889. The second-order valence-corrected chi connectivity index (χ2v) is 3.93. The van der Waals surface area contributed by atoms with Crippen LogP contribution in [-0.4, -0.2) is 16.5 Å². The summed E-state index contributed by atoms with van der Waals surface area (Å²) in [4.78, 5) is 11.3. The zero-order valence-electron chi connectivity index (χ0n) is 8.01. The first-order chi connectivity index (χ1) is 4.76. The van der Waals surface area contributed by atoms with Crippen molar-refractivity contribution in [1.29, 1.82) is 0 Å². The molecule has 0 aliphatic heterocycles. The minimum atomic E-state index is -0.888. The number of aliphatic hydroxyl groups is 1. The van der Waals surface area contributed by atoms with E-state index < -0.39 is 5.60 Å². The van der Waals surface area contributed by atoms with Gasteiger partial charge in [0.25, 0.3) is 0 Å². The second kappa shape index (κ2) is 3.35. The highest BCUT2D eigenvalue weighted by atomic mass is 16.3. The van der Waals surface area contributed by atoms with E-state index in [1.165, 1.54) is 0 Å². The third kappa shape index (κ3) is 3.02. The van der Waals surface area contributed by atoms with Crippen molar-refractivity contribution < 1.29 is 9.90 Å². The van der Waals surface area contributed by atoms with Crippen molar-refractivity contribution in [1.82, 2.24) is 0 Å². The molecule has 11 heavy (non-hydrogen) atoms. The molecule has 0 spiro atoms. The van der Waals surface area contributed by atoms with Gasteiger partial charge in [-0.3, -0.25) is 4.79 Å². The minimum Gasteiger partial charge on any atom is -0.390 e. The molecule has 2 heteroatoms. The lowest BCUT2D eigenvalue weighted by Crippen LogP contribution is -2.36. The number of rotatable bonds is 3. The van der Waals surface area contributed by atoms with Gasteiger partial charge in [-0.05, 0) is 13.8 Å². The summed E-state index contributed by atoms with van der Waals surface area (Å²) in [6.45, 7) is 8.80. The van der Waals surface area contributed by atoms with Gasteiger partial charge >= 0.3 is 0 Å². The van der Waals surface area contributed by atoms with Gasteiger partial charge in [0.15, 0.2) is 0 Å².